The first-order valence-corrected chi connectivity index (χ1v) is 9.67. The van der Waals surface area contributed by atoms with Crippen LogP contribution in [0.3, 0.4) is 0 Å². The summed E-state index contributed by atoms with van der Waals surface area (Å²) in [6, 6.07) is 14.8. The monoisotopic (exact) mass is 408 g/mol. The van der Waals surface area contributed by atoms with Gasteiger partial charge in [-0.2, -0.15) is 0 Å². The summed E-state index contributed by atoms with van der Waals surface area (Å²) >= 11 is 0. The quantitative estimate of drug-likeness (QED) is 0.687. The van der Waals surface area contributed by atoms with Crippen LogP contribution in [0.15, 0.2) is 67.3 Å². The van der Waals surface area contributed by atoms with Crippen LogP contribution in [0.25, 0.3) is 0 Å². The van der Waals surface area contributed by atoms with Gasteiger partial charge in [0.05, 0.1) is 6.54 Å². The lowest BCUT2D eigenvalue weighted by Gasteiger charge is -2.35. The van der Waals surface area contributed by atoms with Gasteiger partial charge in [-0.1, -0.05) is 60.7 Å². The van der Waals surface area contributed by atoms with Crippen molar-refractivity contribution >= 4 is 18.0 Å². The topological polar surface area (TPSA) is 95.9 Å². The molecule has 1 heterocycles. The summed E-state index contributed by atoms with van der Waals surface area (Å²) < 4.78 is 5.44. The Morgan fingerprint density at radius 3 is 2.47 bits per heavy atom. The molecule has 2 atom stereocenters. The summed E-state index contributed by atoms with van der Waals surface area (Å²) in [4.78, 5) is 38.5. The molecular weight excluding hydrogens is 384 g/mol. The van der Waals surface area contributed by atoms with E-state index < -0.39 is 30.1 Å². The van der Waals surface area contributed by atoms with Crippen LogP contribution in [0.1, 0.15) is 23.1 Å². The lowest BCUT2D eigenvalue weighted by Crippen LogP contribution is -2.55. The number of aliphatic carboxylic acids is 1. The van der Waals surface area contributed by atoms with E-state index in [2.05, 4.69) is 11.9 Å². The Labute approximate surface area is 175 Å². The third kappa shape index (κ3) is 5.05. The number of fused-ring (bicyclic) bond motifs is 1. The third-order valence-corrected chi connectivity index (χ3v) is 5.01. The minimum atomic E-state index is -1.15. The van der Waals surface area contributed by atoms with E-state index in [1.807, 2.05) is 54.6 Å². The van der Waals surface area contributed by atoms with Crippen molar-refractivity contribution in [2.75, 3.05) is 0 Å². The Morgan fingerprint density at radius 1 is 1.13 bits per heavy atom. The molecule has 156 valence electrons. The molecule has 2 amide bonds. The van der Waals surface area contributed by atoms with Crippen LogP contribution < -0.4 is 5.32 Å². The average Bonchev–Trinajstić information content (AvgIpc) is 2.76. The molecule has 30 heavy (non-hydrogen) atoms. The molecule has 0 unspecified atom stereocenters. The van der Waals surface area contributed by atoms with Gasteiger partial charge < -0.3 is 15.2 Å². The van der Waals surface area contributed by atoms with E-state index in [0.717, 1.165) is 16.7 Å². The molecule has 0 spiro atoms. The van der Waals surface area contributed by atoms with Crippen molar-refractivity contribution in [2.24, 2.45) is 0 Å². The molecule has 0 saturated heterocycles. The van der Waals surface area contributed by atoms with Gasteiger partial charge in [0.2, 0.25) is 5.91 Å². The zero-order valence-corrected chi connectivity index (χ0v) is 16.5. The van der Waals surface area contributed by atoms with Crippen molar-refractivity contribution in [3.63, 3.8) is 0 Å². The Bertz CT molecular complexity index is 928. The van der Waals surface area contributed by atoms with Crippen molar-refractivity contribution in [1.82, 2.24) is 10.2 Å². The largest absolute Gasteiger partial charge is 0.480 e. The summed E-state index contributed by atoms with van der Waals surface area (Å²) in [5, 5.41) is 11.8. The first-order chi connectivity index (χ1) is 14.5. The van der Waals surface area contributed by atoms with Crippen molar-refractivity contribution in [3.05, 3.63) is 83.9 Å². The van der Waals surface area contributed by atoms with Gasteiger partial charge in [-0.15, -0.1) is 6.58 Å². The molecule has 1 aliphatic rings. The number of benzene rings is 2. The standard InChI is InChI=1S/C23H24N2O5/c1-2-8-19(22(27)28)24-21(26)20-13-17-11-6-7-12-18(17)14-25(20)23(29)30-15-16-9-4-3-5-10-16/h2-7,9-12,19-20H,1,8,13-15H2,(H,24,26)(H,27,28)/t19-,20+/m1/s1. The molecule has 0 saturated carbocycles. The number of hydrogen-bond donors (Lipinski definition) is 2. The van der Waals surface area contributed by atoms with E-state index in [4.69, 9.17) is 4.74 Å². The second kappa shape index (κ2) is 9.73. The van der Waals surface area contributed by atoms with Gasteiger partial charge in [-0.3, -0.25) is 9.69 Å². The Kier molecular flexibility index (Phi) is 6.85. The van der Waals surface area contributed by atoms with Gasteiger partial charge in [0, 0.05) is 6.42 Å². The number of amides is 2. The van der Waals surface area contributed by atoms with E-state index in [1.165, 1.54) is 11.0 Å². The highest BCUT2D eigenvalue weighted by atomic mass is 16.6. The Balaban J connectivity index is 1.78. The number of nitrogens with one attached hydrogen (secondary N) is 1. The van der Waals surface area contributed by atoms with Gasteiger partial charge in [-0.05, 0) is 23.1 Å². The number of nitrogens with zero attached hydrogens (tertiary/aromatic N) is 1. The molecule has 0 aliphatic carbocycles. The first-order valence-electron chi connectivity index (χ1n) is 9.67. The third-order valence-electron chi connectivity index (χ3n) is 5.01. The number of hydrogen-bond acceptors (Lipinski definition) is 4. The molecule has 0 radical (unpaired) electrons. The zero-order valence-electron chi connectivity index (χ0n) is 16.5. The number of carboxylic acids is 1. The smallest absolute Gasteiger partial charge is 0.411 e. The zero-order chi connectivity index (χ0) is 21.5. The fourth-order valence-corrected chi connectivity index (χ4v) is 3.41. The molecule has 2 aromatic carbocycles. The molecule has 0 bridgehead atoms. The summed E-state index contributed by atoms with van der Waals surface area (Å²) in [6.45, 7) is 3.82. The van der Waals surface area contributed by atoms with Gasteiger partial charge in [0.1, 0.15) is 18.7 Å². The highest BCUT2D eigenvalue weighted by Crippen LogP contribution is 2.24. The molecule has 7 nitrogen and oxygen atoms in total. The molecule has 7 heteroatoms. The summed E-state index contributed by atoms with van der Waals surface area (Å²) in [5.74, 6) is -1.69. The minimum absolute atomic E-state index is 0.0837. The number of ether oxygens (including phenoxy) is 1. The maximum absolute atomic E-state index is 12.9. The molecule has 0 fully saturated rings. The fourth-order valence-electron chi connectivity index (χ4n) is 3.41. The van der Waals surface area contributed by atoms with Crippen molar-refractivity contribution < 1.29 is 24.2 Å². The number of carbonyl (C=O) groups excluding carboxylic acids is 2. The maximum Gasteiger partial charge on any atom is 0.411 e. The molecule has 2 N–H and O–H groups in total. The van der Waals surface area contributed by atoms with Crippen LogP contribution in [-0.2, 0) is 33.9 Å². The van der Waals surface area contributed by atoms with Crippen molar-refractivity contribution in [3.8, 4) is 0 Å². The minimum Gasteiger partial charge on any atom is -0.480 e. The lowest BCUT2D eigenvalue weighted by atomic mass is 9.93. The van der Waals surface area contributed by atoms with Crippen LogP contribution in [-0.4, -0.2) is 40.1 Å². The second-order valence-electron chi connectivity index (χ2n) is 7.08. The van der Waals surface area contributed by atoms with Crippen LogP contribution in [0.4, 0.5) is 4.79 Å². The van der Waals surface area contributed by atoms with Gasteiger partial charge in [0.15, 0.2) is 0 Å². The van der Waals surface area contributed by atoms with Gasteiger partial charge in [0.25, 0.3) is 0 Å². The number of carboxylic acid groups (broad SMARTS) is 1. The highest BCUT2D eigenvalue weighted by Gasteiger charge is 2.36. The van der Waals surface area contributed by atoms with Crippen LogP contribution in [0.2, 0.25) is 0 Å². The highest BCUT2D eigenvalue weighted by molar-refractivity contribution is 5.90. The molecule has 3 rings (SSSR count). The molecule has 0 aromatic heterocycles. The van der Waals surface area contributed by atoms with Crippen LogP contribution >= 0.6 is 0 Å². The van der Waals surface area contributed by atoms with Crippen LogP contribution in [0.5, 0.6) is 0 Å². The van der Waals surface area contributed by atoms with Crippen LogP contribution in [0, 0.1) is 0 Å². The predicted molar refractivity (Wildman–Crippen MR) is 110 cm³/mol. The van der Waals surface area contributed by atoms with Crippen molar-refractivity contribution in [1.29, 1.82) is 0 Å². The summed E-state index contributed by atoms with van der Waals surface area (Å²) in [7, 11) is 0. The normalized spacial score (nSPS) is 16.1. The van der Waals surface area contributed by atoms with Crippen molar-refractivity contribution in [2.45, 2.75) is 38.1 Å². The number of carbonyl (C=O) groups is 3. The van der Waals surface area contributed by atoms with Gasteiger partial charge in [-0.25, -0.2) is 9.59 Å². The Morgan fingerprint density at radius 2 is 1.80 bits per heavy atom. The van der Waals surface area contributed by atoms with E-state index in [0.29, 0.717) is 0 Å². The summed E-state index contributed by atoms with van der Waals surface area (Å²) in [5.41, 5.74) is 2.71. The molecule has 1 aliphatic heterocycles. The second-order valence-corrected chi connectivity index (χ2v) is 7.08. The van der Waals surface area contributed by atoms with E-state index in [-0.39, 0.29) is 26.0 Å². The average molecular weight is 408 g/mol. The fraction of sp³-hybridized carbons (Fsp3) is 0.261. The van der Waals surface area contributed by atoms with E-state index in [9.17, 15) is 19.5 Å². The number of rotatable bonds is 7. The molecular formula is C23H24N2O5. The first kappa shape index (κ1) is 21.1. The molecule has 2 aromatic rings. The maximum atomic E-state index is 12.9. The Hall–Kier alpha value is -3.61. The van der Waals surface area contributed by atoms with Gasteiger partial charge >= 0.3 is 12.1 Å². The van der Waals surface area contributed by atoms with E-state index >= 15 is 0 Å². The summed E-state index contributed by atoms with van der Waals surface area (Å²) in [6.07, 6.45) is 1.18. The SMILES string of the molecule is C=CC[C@@H](NC(=O)[C@@H]1Cc2ccccc2CN1C(=O)OCc1ccccc1)C(=O)O. The predicted octanol–water partition coefficient (Wildman–Crippen LogP) is 2.90. The lowest BCUT2D eigenvalue weighted by molar-refractivity contribution is -0.142. The van der Waals surface area contributed by atoms with E-state index in [1.54, 1.807) is 0 Å².